The lowest BCUT2D eigenvalue weighted by Gasteiger charge is -2.12. The summed E-state index contributed by atoms with van der Waals surface area (Å²) in [5.74, 6) is -1.12. The molecule has 0 fully saturated rings. The Kier molecular flexibility index (Phi) is 6.07. The van der Waals surface area contributed by atoms with Crippen LogP contribution in [0, 0.1) is 10.1 Å². The smallest absolute Gasteiger partial charge is 0.331 e. The molecule has 1 N–H and O–H groups in total. The lowest BCUT2D eigenvalue weighted by Crippen LogP contribution is -2.19. The van der Waals surface area contributed by atoms with Crippen LogP contribution in [-0.2, 0) is 19.7 Å². The molecule has 27 heavy (non-hydrogen) atoms. The van der Waals surface area contributed by atoms with Crippen molar-refractivity contribution in [2.24, 2.45) is 0 Å². The number of carbonyl (C=O) groups is 2. The molecule has 0 bridgehead atoms. The van der Waals surface area contributed by atoms with Gasteiger partial charge in [0.25, 0.3) is 11.6 Å². The van der Waals surface area contributed by atoms with E-state index in [4.69, 9.17) is 9.26 Å². The van der Waals surface area contributed by atoms with Crippen LogP contribution in [0.3, 0.4) is 0 Å². The highest BCUT2D eigenvalue weighted by molar-refractivity contribution is 5.93. The summed E-state index contributed by atoms with van der Waals surface area (Å²) in [5, 5.41) is 16.9. The molecule has 0 saturated carbocycles. The quantitative estimate of drug-likeness (QED) is 0.357. The van der Waals surface area contributed by atoms with Gasteiger partial charge in [-0.3, -0.25) is 20.2 Å². The molecule has 0 aliphatic heterocycles. The van der Waals surface area contributed by atoms with Crippen molar-refractivity contribution in [1.29, 1.82) is 0 Å². The summed E-state index contributed by atoms with van der Waals surface area (Å²) >= 11 is 0. The third kappa shape index (κ3) is 6.07. The van der Waals surface area contributed by atoms with E-state index in [0.717, 1.165) is 6.08 Å². The first kappa shape index (κ1) is 19.8. The van der Waals surface area contributed by atoms with Crippen molar-refractivity contribution in [1.82, 2.24) is 5.16 Å². The normalized spacial score (nSPS) is 11.4. The number of non-ortho nitro benzene ring substituents is 1. The van der Waals surface area contributed by atoms with Gasteiger partial charge in [0, 0.05) is 29.7 Å². The van der Waals surface area contributed by atoms with Crippen molar-refractivity contribution < 1.29 is 23.8 Å². The largest absolute Gasteiger partial charge is 0.452 e. The van der Waals surface area contributed by atoms with E-state index in [2.05, 4.69) is 10.5 Å². The number of ether oxygens (including phenoxy) is 1. The van der Waals surface area contributed by atoms with Crippen LogP contribution in [0.25, 0.3) is 6.08 Å². The first-order valence-corrected chi connectivity index (χ1v) is 8.01. The number of nitrogens with zero attached hydrogens (tertiary/aromatic N) is 2. The monoisotopic (exact) mass is 373 g/mol. The molecule has 0 atom stereocenters. The van der Waals surface area contributed by atoms with Gasteiger partial charge in [0.2, 0.25) is 5.88 Å². The Hall–Kier alpha value is -3.49. The maximum Gasteiger partial charge on any atom is 0.331 e. The van der Waals surface area contributed by atoms with Gasteiger partial charge in [0.15, 0.2) is 6.61 Å². The zero-order valence-electron chi connectivity index (χ0n) is 15.1. The number of rotatable bonds is 6. The summed E-state index contributed by atoms with van der Waals surface area (Å²) in [5.41, 5.74) is 0.995. The summed E-state index contributed by atoms with van der Waals surface area (Å²) in [4.78, 5) is 33.5. The minimum Gasteiger partial charge on any atom is -0.452 e. The Morgan fingerprint density at radius 1 is 1.30 bits per heavy atom. The number of anilines is 1. The number of nitro benzene ring substituents is 1. The van der Waals surface area contributed by atoms with Gasteiger partial charge in [-0.25, -0.2) is 4.79 Å². The van der Waals surface area contributed by atoms with E-state index in [1.165, 1.54) is 30.3 Å². The Morgan fingerprint density at radius 2 is 1.96 bits per heavy atom. The molecule has 0 radical (unpaired) electrons. The second-order valence-electron chi connectivity index (χ2n) is 6.66. The number of esters is 1. The van der Waals surface area contributed by atoms with Crippen LogP contribution >= 0.6 is 0 Å². The molecule has 142 valence electrons. The summed E-state index contributed by atoms with van der Waals surface area (Å²) in [6, 6.07) is 7.23. The van der Waals surface area contributed by atoms with Crippen LogP contribution in [0.4, 0.5) is 11.6 Å². The number of aromatic nitrogens is 1. The van der Waals surface area contributed by atoms with Crippen LogP contribution in [0.1, 0.15) is 32.0 Å². The van der Waals surface area contributed by atoms with Gasteiger partial charge in [0.1, 0.15) is 0 Å². The zero-order valence-corrected chi connectivity index (χ0v) is 15.1. The predicted molar refractivity (Wildman–Crippen MR) is 96.9 cm³/mol. The van der Waals surface area contributed by atoms with Crippen LogP contribution in [0.5, 0.6) is 0 Å². The Labute approximate surface area is 155 Å². The lowest BCUT2D eigenvalue weighted by molar-refractivity contribution is -0.384. The molecule has 1 heterocycles. The van der Waals surface area contributed by atoms with Crippen molar-refractivity contribution in [3.63, 3.8) is 0 Å². The number of amides is 1. The maximum atomic E-state index is 11.8. The molecule has 2 aromatic rings. The van der Waals surface area contributed by atoms with Crippen LogP contribution in [0.2, 0.25) is 0 Å². The second kappa shape index (κ2) is 8.26. The molecular formula is C18H19N3O6. The number of nitro groups is 1. The average Bonchev–Trinajstić information content (AvgIpc) is 3.07. The topological polar surface area (TPSA) is 125 Å². The van der Waals surface area contributed by atoms with Crippen LogP contribution in [0.15, 0.2) is 40.9 Å². The summed E-state index contributed by atoms with van der Waals surface area (Å²) < 4.78 is 9.84. The molecule has 0 aliphatic rings. The van der Waals surface area contributed by atoms with Gasteiger partial charge in [0.05, 0.1) is 10.6 Å². The molecule has 0 spiro atoms. The fourth-order valence-electron chi connectivity index (χ4n) is 1.92. The van der Waals surface area contributed by atoms with Crippen LogP contribution in [-0.4, -0.2) is 28.6 Å². The van der Waals surface area contributed by atoms with E-state index in [-0.39, 0.29) is 17.0 Å². The highest BCUT2D eigenvalue weighted by Crippen LogP contribution is 2.23. The summed E-state index contributed by atoms with van der Waals surface area (Å²) in [6.45, 7) is 5.37. The van der Waals surface area contributed by atoms with Gasteiger partial charge < -0.3 is 9.26 Å². The third-order valence-corrected chi connectivity index (χ3v) is 3.40. The Morgan fingerprint density at radius 3 is 2.52 bits per heavy atom. The number of nitrogens with one attached hydrogen (secondary N) is 1. The zero-order chi connectivity index (χ0) is 20.0. The third-order valence-electron chi connectivity index (χ3n) is 3.40. The molecular weight excluding hydrogens is 354 g/mol. The summed E-state index contributed by atoms with van der Waals surface area (Å²) in [7, 11) is 0. The van der Waals surface area contributed by atoms with E-state index in [1.807, 2.05) is 20.8 Å². The lowest BCUT2D eigenvalue weighted by atomic mass is 9.92. The highest BCUT2D eigenvalue weighted by atomic mass is 16.6. The minimum absolute atomic E-state index is 0.0477. The number of benzene rings is 1. The highest BCUT2D eigenvalue weighted by Gasteiger charge is 2.19. The second-order valence-corrected chi connectivity index (χ2v) is 6.66. The average molecular weight is 373 g/mol. The molecule has 9 nitrogen and oxygen atoms in total. The van der Waals surface area contributed by atoms with Gasteiger partial charge in [-0.15, -0.1) is 0 Å². The first-order chi connectivity index (χ1) is 12.6. The predicted octanol–water partition coefficient (Wildman–Crippen LogP) is 3.08. The number of hydrogen-bond donors (Lipinski definition) is 1. The minimum atomic E-state index is -0.726. The van der Waals surface area contributed by atoms with Crippen molar-refractivity contribution in [3.8, 4) is 0 Å². The Bertz CT molecular complexity index is 862. The maximum absolute atomic E-state index is 11.8. The van der Waals surface area contributed by atoms with E-state index in [0.29, 0.717) is 11.3 Å². The SMILES string of the molecule is CC(C)(C)c1cc(NC(=O)COC(=O)/C=C/c2ccc([N+](=O)[O-])cc2)on1. The Balaban J connectivity index is 1.81. The molecule has 1 aromatic heterocycles. The molecule has 2 rings (SSSR count). The van der Waals surface area contributed by atoms with Crippen molar-refractivity contribution in [2.75, 3.05) is 11.9 Å². The first-order valence-electron chi connectivity index (χ1n) is 8.01. The molecule has 9 heteroatoms. The van der Waals surface area contributed by atoms with Gasteiger partial charge in [-0.2, -0.15) is 0 Å². The van der Waals surface area contributed by atoms with E-state index >= 15 is 0 Å². The van der Waals surface area contributed by atoms with E-state index < -0.39 is 23.4 Å². The van der Waals surface area contributed by atoms with Crippen LogP contribution < -0.4 is 5.32 Å². The molecule has 0 unspecified atom stereocenters. The number of carbonyl (C=O) groups excluding carboxylic acids is 2. The number of hydrogen-bond acceptors (Lipinski definition) is 7. The van der Waals surface area contributed by atoms with Gasteiger partial charge in [-0.05, 0) is 23.8 Å². The molecule has 1 amide bonds. The van der Waals surface area contributed by atoms with Gasteiger partial charge in [-0.1, -0.05) is 25.9 Å². The fraction of sp³-hybridized carbons (Fsp3) is 0.278. The van der Waals surface area contributed by atoms with Crippen molar-refractivity contribution in [3.05, 3.63) is 57.8 Å². The summed E-state index contributed by atoms with van der Waals surface area (Å²) in [6.07, 6.45) is 2.55. The molecule has 1 aromatic carbocycles. The molecule has 0 saturated heterocycles. The van der Waals surface area contributed by atoms with E-state index in [9.17, 15) is 19.7 Å². The standard InChI is InChI=1S/C18H19N3O6/c1-18(2,3)14-10-16(27-20-14)19-15(22)11-26-17(23)9-6-12-4-7-13(8-5-12)21(24)25/h4-10H,11H2,1-3H3,(H,19,22)/b9-6+. The van der Waals surface area contributed by atoms with Crippen molar-refractivity contribution >= 4 is 29.5 Å². The van der Waals surface area contributed by atoms with Crippen molar-refractivity contribution in [2.45, 2.75) is 26.2 Å². The fourth-order valence-corrected chi connectivity index (χ4v) is 1.92. The molecule has 0 aliphatic carbocycles. The van der Waals surface area contributed by atoms with E-state index in [1.54, 1.807) is 6.07 Å². The van der Waals surface area contributed by atoms with Gasteiger partial charge >= 0.3 is 5.97 Å².